The van der Waals surface area contributed by atoms with E-state index in [2.05, 4.69) is 27.0 Å². The minimum atomic E-state index is 0.313. The molecule has 142 valence electrons. The summed E-state index contributed by atoms with van der Waals surface area (Å²) < 4.78 is 7.89. The Balaban J connectivity index is 1.59. The first-order valence-corrected chi connectivity index (χ1v) is 9.58. The first kappa shape index (κ1) is 17.7. The number of nitrogens with two attached hydrogens (primary N) is 1. The molecular formula is C20H26N6O. The van der Waals surface area contributed by atoms with Gasteiger partial charge in [0.15, 0.2) is 0 Å². The normalized spacial score (nSPS) is 21.0. The zero-order chi connectivity index (χ0) is 18.6. The number of ether oxygens (including phenoxy) is 1. The second-order valence-electron chi connectivity index (χ2n) is 7.18. The fraction of sp³-hybridized carbons (Fsp3) is 0.450. The van der Waals surface area contributed by atoms with Gasteiger partial charge in [0, 0.05) is 42.7 Å². The van der Waals surface area contributed by atoms with Gasteiger partial charge in [0.25, 0.3) is 0 Å². The molecule has 4 rings (SSSR count). The van der Waals surface area contributed by atoms with Crippen molar-refractivity contribution in [3.05, 3.63) is 47.1 Å². The van der Waals surface area contributed by atoms with E-state index in [0.717, 1.165) is 50.0 Å². The first-order valence-electron chi connectivity index (χ1n) is 9.58. The van der Waals surface area contributed by atoms with Crippen molar-refractivity contribution in [1.82, 2.24) is 25.1 Å². The van der Waals surface area contributed by atoms with Gasteiger partial charge < -0.3 is 15.8 Å². The monoisotopic (exact) mass is 366 g/mol. The van der Waals surface area contributed by atoms with E-state index >= 15 is 0 Å². The largest absolute Gasteiger partial charge is 0.477 e. The average molecular weight is 366 g/mol. The number of nitrogens with zero attached hydrogens (tertiary/aromatic N) is 4. The Morgan fingerprint density at radius 1 is 1.37 bits per heavy atom. The Labute approximate surface area is 158 Å². The molecule has 0 spiro atoms. The number of allylic oxidation sites excluding steroid dienone is 1. The predicted octanol–water partition coefficient (Wildman–Crippen LogP) is 0.154. The number of hydrogen-bond donors (Lipinski definition) is 2. The van der Waals surface area contributed by atoms with Gasteiger partial charge in [0.2, 0.25) is 5.88 Å². The fourth-order valence-electron chi connectivity index (χ4n) is 3.76. The molecule has 2 aliphatic rings. The summed E-state index contributed by atoms with van der Waals surface area (Å²) in [6.45, 7) is 7.83. The van der Waals surface area contributed by atoms with Crippen molar-refractivity contribution < 1.29 is 4.74 Å². The van der Waals surface area contributed by atoms with Crippen LogP contribution in [0.1, 0.15) is 30.5 Å². The molecule has 2 aromatic rings. The van der Waals surface area contributed by atoms with Crippen LogP contribution < -0.4 is 21.7 Å². The van der Waals surface area contributed by atoms with Gasteiger partial charge in [0.1, 0.15) is 5.35 Å². The molecule has 3 N–H and O–H groups in total. The lowest BCUT2D eigenvalue weighted by molar-refractivity contribution is 0.185. The number of hydrogen-bond acceptors (Lipinski definition) is 6. The van der Waals surface area contributed by atoms with Crippen molar-refractivity contribution in [2.45, 2.75) is 32.2 Å². The molecule has 0 unspecified atom stereocenters. The maximum atomic E-state index is 6.20. The number of piperidine rings is 1. The van der Waals surface area contributed by atoms with Gasteiger partial charge in [0.05, 0.1) is 18.2 Å². The molecule has 1 atom stereocenters. The highest BCUT2D eigenvalue weighted by molar-refractivity contribution is 5.87. The molecule has 7 heteroatoms. The van der Waals surface area contributed by atoms with Crippen LogP contribution in [0.3, 0.4) is 0 Å². The summed E-state index contributed by atoms with van der Waals surface area (Å²) >= 11 is 0. The third-order valence-corrected chi connectivity index (χ3v) is 5.22. The highest BCUT2D eigenvalue weighted by Crippen LogP contribution is 2.24. The van der Waals surface area contributed by atoms with Crippen molar-refractivity contribution in [3.8, 4) is 0 Å². The number of fused-ring (bicyclic) bond motifs is 1. The van der Waals surface area contributed by atoms with E-state index in [0.29, 0.717) is 29.1 Å². The van der Waals surface area contributed by atoms with Crippen molar-refractivity contribution in [2.75, 3.05) is 19.7 Å². The molecule has 1 saturated heterocycles. The summed E-state index contributed by atoms with van der Waals surface area (Å²) in [6, 6.07) is 0. The molecule has 0 aromatic carbocycles. The minimum Gasteiger partial charge on any atom is -0.477 e. The molecule has 0 radical (unpaired) electrons. The van der Waals surface area contributed by atoms with E-state index < -0.39 is 0 Å². The van der Waals surface area contributed by atoms with Gasteiger partial charge in [-0.25, -0.2) is 4.98 Å². The van der Waals surface area contributed by atoms with E-state index in [1.165, 1.54) is 12.1 Å². The van der Waals surface area contributed by atoms with Gasteiger partial charge in [-0.3, -0.25) is 9.67 Å². The summed E-state index contributed by atoms with van der Waals surface area (Å²) in [6.07, 6.45) is 11.6. The zero-order valence-electron chi connectivity index (χ0n) is 15.5. The summed E-state index contributed by atoms with van der Waals surface area (Å²) in [5, 5.41) is 9.05. The summed E-state index contributed by atoms with van der Waals surface area (Å²) in [5.74, 6) is 0.791. The third kappa shape index (κ3) is 3.88. The Morgan fingerprint density at radius 2 is 2.26 bits per heavy atom. The van der Waals surface area contributed by atoms with Gasteiger partial charge >= 0.3 is 0 Å². The molecule has 1 fully saturated rings. The fourth-order valence-corrected chi connectivity index (χ4v) is 3.76. The predicted molar refractivity (Wildman–Crippen MR) is 104 cm³/mol. The third-order valence-electron chi connectivity index (χ3n) is 5.22. The smallest absolute Gasteiger partial charge is 0.212 e. The standard InChI is InChI=1S/C20H26N6O/c1-14(16-12-25-26-9-3-5-18(16)26)10-17-19(24-8-7-23-17)20(21)27-13-15-4-2-6-22-11-15/h7-8,10,12,15,22H,1-6,9,11,13,21H2/b17-10+,20-19-/t15-/m0/s1. The zero-order valence-corrected chi connectivity index (χ0v) is 15.5. The minimum absolute atomic E-state index is 0.313. The van der Waals surface area contributed by atoms with E-state index in [1.54, 1.807) is 12.4 Å². The lowest BCUT2D eigenvalue weighted by Gasteiger charge is -2.22. The van der Waals surface area contributed by atoms with Crippen molar-refractivity contribution in [1.29, 1.82) is 0 Å². The Kier molecular flexibility index (Phi) is 5.20. The van der Waals surface area contributed by atoms with Gasteiger partial charge in [-0.15, -0.1) is 0 Å². The molecule has 7 nitrogen and oxygen atoms in total. The van der Waals surface area contributed by atoms with Crippen molar-refractivity contribution in [2.24, 2.45) is 11.7 Å². The maximum absolute atomic E-state index is 6.20. The van der Waals surface area contributed by atoms with Gasteiger partial charge in [-0.1, -0.05) is 6.58 Å². The van der Waals surface area contributed by atoms with E-state index in [-0.39, 0.29) is 0 Å². The molecule has 0 aliphatic carbocycles. The van der Waals surface area contributed by atoms with Crippen LogP contribution in [0.15, 0.2) is 25.2 Å². The van der Waals surface area contributed by atoms with Crippen molar-refractivity contribution >= 4 is 17.5 Å². The van der Waals surface area contributed by atoms with Crippen LogP contribution in [0.5, 0.6) is 0 Å². The second kappa shape index (κ2) is 7.92. The number of nitrogens with one attached hydrogen (secondary N) is 1. The lowest BCUT2D eigenvalue weighted by atomic mass is 10.0. The van der Waals surface area contributed by atoms with E-state index in [9.17, 15) is 0 Å². The summed E-state index contributed by atoms with van der Waals surface area (Å²) in [7, 11) is 0. The summed E-state index contributed by atoms with van der Waals surface area (Å²) in [4.78, 5) is 8.83. The summed E-state index contributed by atoms with van der Waals surface area (Å²) in [5.41, 5.74) is 9.37. The van der Waals surface area contributed by atoms with Crippen LogP contribution in [-0.2, 0) is 17.7 Å². The molecule has 0 bridgehead atoms. The van der Waals surface area contributed by atoms with Crippen LogP contribution in [0, 0.1) is 5.92 Å². The van der Waals surface area contributed by atoms with Crippen LogP contribution in [-0.4, -0.2) is 39.4 Å². The lowest BCUT2D eigenvalue weighted by Crippen LogP contribution is -2.37. The molecule has 4 heterocycles. The number of aryl methyl sites for hydroxylation is 1. The Bertz CT molecular complexity index is 942. The first-order chi connectivity index (χ1) is 13.2. The van der Waals surface area contributed by atoms with Gasteiger partial charge in [-0.05, 0) is 43.9 Å². The maximum Gasteiger partial charge on any atom is 0.212 e. The van der Waals surface area contributed by atoms with Crippen LogP contribution in [0.25, 0.3) is 17.5 Å². The molecule has 27 heavy (non-hydrogen) atoms. The SMILES string of the molecule is C=C(/C=c1/nccn/c1=C(/N)OC[C@H]1CCCNC1)c1cnn2c1CCC2. The molecular weight excluding hydrogens is 340 g/mol. The van der Waals surface area contributed by atoms with Crippen LogP contribution in [0.2, 0.25) is 0 Å². The second-order valence-corrected chi connectivity index (χ2v) is 7.18. The molecule has 2 aromatic heterocycles. The van der Waals surface area contributed by atoms with Crippen LogP contribution >= 0.6 is 0 Å². The Morgan fingerprint density at radius 3 is 3.11 bits per heavy atom. The van der Waals surface area contributed by atoms with Gasteiger partial charge in [-0.2, -0.15) is 5.10 Å². The van der Waals surface area contributed by atoms with Crippen LogP contribution in [0.4, 0.5) is 0 Å². The van der Waals surface area contributed by atoms with Crippen molar-refractivity contribution in [3.63, 3.8) is 0 Å². The van der Waals surface area contributed by atoms with E-state index in [1.807, 2.05) is 17.0 Å². The highest BCUT2D eigenvalue weighted by Gasteiger charge is 2.17. The highest BCUT2D eigenvalue weighted by atomic mass is 16.5. The molecule has 0 amide bonds. The quantitative estimate of drug-likeness (QED) is 0.783. The number of rotatable bonds is 5. The topological polar surface area (TPSA) is 90.9 Å². The molecule has 0 saturated carbocycles. The van der Waals surface area contributed by atoms with E-state index in [4.69, 9.17) is 10.5 Å². The molecule has 2 aliphatic heterocycles. The number of aromatic nitrogens is 4. The Hall–Kier alpha value is -2.67. The average Bonchev–Trinajstić information content (AvgIpc) is 3.31.